The molecule has 1 aliphatic carbocycles. The van der Waals surface area contributed by atoms with Crippen LogP contribution >= 0.6 is 0 Å². The van der Waals surface area contributed by atoms with Crippen molar-refractivity contribution in [1.29, 1.82) is 0 Å². The molecule has 0 unspecified atom stereocenters. The van der Waals surface area contributed by atoms with Gasteiger partial charge in [0.05, 0.1) is 12.1 Å². The van der Waals surface area contributed by atoms with Crippen LogP contribution in [-0.2, 0) is 19.4 Å². The van der Waals surface area contributed by atoms with Gasteiger partial charge in [-0.1, -0.05) is 67.0 Å². The normalized spacial score (nSPS) is 13.3. The van der Waals surface area contributed by atoms with E-state index in [0.29, 0.717) is 18.2 Å². The second kappa shape index (κ2) is 9.86. The van der Waals surface area contributed by atoms with Crippen molar-refractivity contribution < 1.29 is 9.51 Å². The quantitative estimate of drug-likeness (QED) is 0.393. The van der Waals surface area contributed by atoms with Gasteiger partial charge in [-0.3, -0.25) is 9.51 Å². The lowest BCUT2D eigenvalue weighted by molar-refractivity contribution is -0.409. The molecular weight excluding hydrogens is 440 g/mol. The van der Waals surface area contributed by atoms with Crippen LogP contribution in [-0.4, -0.2) is 14.7 Å². The number of nitrogens with one attached hydrogen (secondary N) is 2. The molecule has 2 heterocycles. The molecule has 180 valence electrons. The molecule has 0 radical (unpaired) electrons. The van der Waals surface area contributed by atoms with Crippen molar-refractivity contribution in [3.63, 3.8) is 0 Å². The Balaban J connectivity index is 1.46. The smallest absolute Gasteiger partial charge is 0.296 e. The van der Waals surface area contributed by atoms with Gasteiger partial charge in [0.25, 0.3) is 5.82 Å². The highest BCUT2D eigenvalue weighted by molar-refractivity contribution is 5.80. The highest BCUT2D eigenvalue weighted by Gasteiger charge is 2.28. The van der Waals surface area contributed by atoms with Crippen LogP contribution in [0.25, 0.3) is 22.5 Å². The Hall–Kier alpha value is -3.74. The van der Waals surface area contributed by atoms with Gasteiger partial charge in [-0.05, 0) is 41.9 Å². The summed E-state index contributed by atoms with van der Waals surface area (Å²) in [5.41, 5.74) is 5.91. The largest absolute Gasteiger partial charge is 0.439 e. The summed E-state index contributed by atoms with van der Waals surface area (Å²) in [5.74, 6) is 1.41. The molecule has 1 aliphatic rings. The molecule has 0 amide bonds. The number of nitrogens with zero attached hydrogens (tertiary/aromatic N) is 2. The zero-order valence-corrected chi connectivity index (χ0v) is 20.3. The molecule has 2 aromatic carbocycles. The molecule has 2 N–H and O–H groups in total. The summed E-state index contributed by atoms with van der Waals surface area (Å²) in [5, 5.41) is 3.85. The predicted octanol–water partition coefficient (Wildman–Crippen LogP) is 4.32. The average molecular weight is 472 g/mol. The molecule has 0 saturated heterocycles. The van der Waals surface area contributed by atoms with Gasteiger partial charge in [0.1, 0.15) is 5.69 Å². The van der Waals surface area contributed by atoms with Crippen molar-refractivity contribution in [3.8, 4) is 22.5 Å². The van der Waals surface area contributed by atoms with Crippen LogP contribution in [0.2, 0.25) is 0 Å². The van der Waals surface area contributed by atoms with Gasteiger partial charge in [-0.25, -0.2) is 14.6 Å². The van der Waals surface area contributed by atoms with Crippen molar-refractivity contribution in [1.82, 2.24) is 14.7 Å². The zero-order chi connectivity index (χ0) is 24.4. The highest BCUT2D eigenvalue weighted by Crippen LogP contribution is 2.31. The molecule has 1 saturated carbocycles. The second-order valence-corrected chi connectivity index (χ2v) is 9.49. The van der Waals surface area contributed by atoms with E-state index in [4.69, 9.17) is 4.52 Å². The maximum atomic E-state index is 13.5. The van der Waals surface area contributed by atoms with E-state index >= 15 is 0 Å². The van der Waals surface area contributed by atoms with Crippen LogP contribution in [0, 0.1) is 12.8 Å². The van der Waals surface area contributed by atoms with E-state index in [1.165, 1.54) is 12.8 Å². The maximum Gasteiger partial charge on any atom is 0.439 e. The molecule has 7 heteroatoms. The van der Waals surface area contributed by atoms with Crippen LogP contribution in [0.15, 0.2) is 62.6 Å². The van der Waals surface area contributed by atoms with E-state index in [1.807, 2.05) is 35.8 Å². The van der Waals surface area contributed by atoms with Crippen LogP contribution in [0.4, 0.5) is 0 Å². The van der Waals surface area contributed by atoms with E-state index in [1.54, 1.807) is 0 Å². The predicted molar refractivity (Wildman–Crippen MR) is 134 cm³/mol. The Bertz CT molecular complexity index is 1440. The fourth-order valence-corrected chi connectivity index (χ4v) is 4.63. The number of aryl methyl sites for hydroxylation is 2. The number of H-pyrrole nitrogens is 2. The first-order valence-electron chi connectivity index (χ1n) is 12.4. The van der Waals surface area contributed by atoms with Gasteiger partial charge in [-0.2, -0.15) is 4.57 Å². The Labute approximate surface area is 203 Å². The molecular formula is C28H31N4O3+. The summed E-state index contributed by atoms with van der Waals surface area (Å²) < 4.78 is 6.63. The number of aromatic amines is 2. The monoisotopic (exact) mass is 471 g/mol. The lowest BCUT2D eigenvalue weighted by atomic mass is 9.96. The minimum Gasteiger partial charge on any atom is -0.296 e. The lowest BCUT2D eigenvalue weighted by Crippen LogP contribution is -2.37. The molecule has 4 aromatic rings. The number of rotatable bonds is 9. The van der Waals surface area contributed by atoms with Crippen molar-refractivity contribution in [2.24, 2.45) is 5.92 Å². The number of aromatic nitrogens is 4. The van der Waals surface area contributed by atoms with Gasteiger partial charge >= 0.3 is 11.3 Å². The Morgan fingerprint density at radius 1 is 1.09 bits per heavy atom. The lowest BCUT2D eigenvalue weighted by Gasteiger charge is -2.11. The molecule has 0 aliphatic heterocycles. The Kier molecular flexibility index (Phi) is 6.49. The summed E-state index contributed by atoms with van der Waals surface area (Å²) in [6.45, 7) is 4.99. The summed E-state index contributed by atoms with van der Waals surface area (Å²) in [7, 11) is 0. The third kappa shape index (κ3) is 5.04. The summed E-state index contributed by atoms with van der Waals surface area (Å²) in [4.78, 5) is 31.2. The van der Waals surface area contributed by atoms with E-state index in [0.717, 1.165) is 65.1 Å². The van der Waals surface area contributed by atoms with Crippen molar-refractivity contribution >= 4 is 0 Å². The van der Waals surface area contributed by atoms with Crippen LogP contribution in [0.5, 0.6) is 0 Å². The SMILES string of the molecule is CCCCc1[nH+]c(C)n(CC2CC2)c(=O)c1Cc1ccc(-c2ccccc2-c2noc(=O)[nH]2)cc1. The molecule has 2 aromatic heterocycles. The van der Waals surface area contributed by atoms with Gasteiger partial charge in [0.2, 0.25) is 0 Å². The van der Waals surface area contributed by atoms with Crippen LogP contribution in [0.3, 0.4) is 0 Å². The Morgan fingerprint density at radius 2 is 1.83 bits per heavy atom. The van der Waals surface area contributed by atoms with Gasteiger partial charge < -0.3 is 0 Å². The first kappa shape index (κ1) is 23.0. The third-order valence-electron chi connectivity index (χ3n) is 6.79. The standard InChI is InChI=1S/C28H30N4O3/c1-3-4-9-25-24(27(33)32(18(2)29-25)17-20-10-11-20)16-19-12-14-21(15-13-19)22-7-5-6-8-23(22)26-30-28(34)35-31-26/h5-8,12-15,20H,3-4,9-11,16-17H2,1-2H3,(H,30,31,34)/p+1. The van der Waals surface area contributed by atoms with Crippen molar-refractivity contribution in [2.75, 3.05) is 0 Å². The summed E-state index contributed by atoms with van der Waals surface area (Å²) >= 11 is 0. The van der Waals surface area contributed by atoms with E-state index in [-0.39, 0.29) is 5.56 Å². The molecule has 0 bridgehead atoms. The number of benzene rings is 2. The van der Waals surface area contributed by atoms with Gasteiger partial charge in [0, 0.05) is 25.3 Å². The van der Waals surface area contributed by atoms with E-state index in [9.17, 15) is 9.59 Å². The third-order valence-corrected chi connectivity index (χ3v) is 6.79. The molecule has 1 fully saturated rings. The minimum absolute atomic E-state index is 0.142. The Morgan fingerprint density at radius 3 is 2.49 bits per heavy atom. The van der Waals surface area contributed by atoms with Gasteiger partial charge in [0.15, 0.2) is 5.82 Å². The number of hydrogen-bond donors (Lipinski definition) is 1. The van der Waals surface area contributed by atoms with E-state index in [2.05, 4.69) is 46.3 Å². The maximum absolute atomic E-state index is 13.5. The molecule has 7 nitrogen and oxygen atoms in total. The molecule has 0 atom stereocenters. The topological polar surface area (TPSA) is 95.0 Å². The molecule has 35 heavy (non-hydrogen) atoms. The first-order valence-corrected chi connectivity index (χ1v) is 12.4. The van der Waals surface area contributed by atoms with Gasteiger partial charge in [-0.15, -0.1) is 0 Å². The minimum atomic E-state index is -0.578. The summed E-state index contributed by atoms with van der Waals surface area (Å²) in [6, 6.07) is 16.0. The van der Waals surface area contributed by atoms with Crippen LogP contribution in [0.1, 0.15) is 55.3 Å². The molecule has 0 spiro atoms. The zero-order valence-electron chi connectivity index (χ0n) is 20.3. The first-order chi connectivity index (χ1) is 17.0. The highest BCUT2D eigenvalue weighted by atomic mass is 16.5. The average Bonchev–Trinajstić information content (AvgIpc) is 3.60. The number of hydrogen-bond acceptors (Lipinski definition) is 4. The van der Waals surface area contributed by atoms with Crippen LogP contribution < -0.4 is 16.3 Å². The number of unbranched alkanes of at least 4 members (excludes halogenated alkanes) is 1. The molecule has 5 rings (SSSR count). The summed E-state index contributed by atoms with van der Waals surface area (Å²) in [6.07, 6.45) is 6.04. The fourth-order valence-electron chi connectivity index (χ4n) is 4.63. The fraction of sp³-hybridized carbons (Fsp3) is 0.357. The van der Waals surface area contributed by atoms with Crippen molar-refractivity contribution in [3.05, 3.63) is 92.1 Å². The van der Waals surface area contributed by atoms with E-state index < -0.39 is 5.76 Å². The van der Waals surface area contributed by atoms with Crippen molar-refractivity contribution in [2.45, 2.75) is 58.9 Å². The second-order valence-electron chi connectivity index (χ2n) is 9.49.